The molecule has 2 heterocycles. The van der Waals surface area contributed by atoms with Gasteiger partial charge in [0, 0.05) is 24.6 Å². The Morgan fingerprint density at radius 1 is 1.30 bits per heavy atom. The van der Waals surface area contributed by atoms with E-state index in [2.05, 4.69) is 10.3 Å². The Balaban J connectivity index is 1.71. The summed E-state index contributed by atoms with van der Waals surface area (Å²) in [7, 11) is -2.82. The van der Waals surface area contributed by atoms with Crippen LogP contribution in [0.4, 0.5) is 11.6 Å². The van der Waals surface area contributed by atoms with E-state index in [1.807, 2.05) is 41.1 Å². The molecule has 106 valence electrons. The van der Waals surface area contributed by atoms with Crippen molar-refractivity contribution in [3.8, 4) is 0 Å². The fourth-order valence-electron chi connectivity index (χ4n) is 2.53. The van der Waals surface area contributed by atoms with Gasteiger partial charge in [0.15, 0.2) is 9.84 Å². The molecule has 1 unspecified atom stereocenters. The first-order valence-electron chi connectivity index (χ1n) is 6.66. The molecule has 1 aliphatic rings. The number of anilines is 2. The third-order valence-corrected chi connectivity index (χ3v) is 5.36. The first kappa shape index (κ1) is 13.2. The third kappa shape index (κ3) is 3.01. The van der Waals surface area contributed by atoms with Gasteiger partial charge in [-0.2, -0.15) is 0 Å². The topological polar surface area (TPSA) is 64.0 Å². The quantitative estimate of drug-likeness (QED) is 0.936. The number of aromatic nitrogens is 2. The number of para-hydroxylation sites is 1. The number of benzene rings is 1. The number of rotatable bonds is 4. The van der Waals surface area contributed by atoms with E-state index in [0.717, 1.165) is 18.1 Å². The molecular weight excluding hydrogens is 274 g/mol. The molecule has 1 fully saturated rings. The second-order valence-corrected chi connectivity index (χ2v) is 7.39. The molecule has 0 aliphatic carbocycles. The van der Waals surface area contributed by atoms with Crippen LogP contribution in [0.25, 0.3) is 0 Å². The van der Waals surface area contributed by atoms with Crippen molar-refractivity contribution in [2.24, 2.45) is 5.92 Å². The summed E-state index contributed by atoms with van der Waals surface area (Å²) in [4.78, 5) is 4.29. The van der Waals surface area contributed by atoms with Crippen LogP contribution in [0.2, 0.25) is 0 Å². The van der Waals surface area contributed by atoms with Crippen LogP contribution in [0.5, 0.6) is 0 Å². The Hall–Kier alpha value is -1.82. The first-order valence-corrected chi connectivity index (χ1v) is 8.48. The second kappa shape index (κ2) is 5.28. The molecule has 1 N–H and O–H groups in total. The monoisotopic (exact) mass is 291 g/mol. The van der Waals surface area contributed by atoms with Gasteiger partial charge in [-0.25, -0.2) is 13.4 Å². The van der Waals surface area contributed by atoms with E-state index in [1.165, 1.54) is 0 Å². The van der Waals surface area contributed by atoms with Gasteiger partial charge in [-0.3, -0.25) is 0 Å². The molecule has 20 heavy (non-hydrogen) atoms. The van der Waals surface area contributed by atoms with E-state index in [4.69, 9.17) is 0 Å². The number of hydrogen-bond donors (Lipinski definition) is 1. The van der Waals surface area contributed by atoms with Crippen LogP contribution in [0.3, 0.4) is 0 Å². The second-order valence-electron chi connectivity index (χ2n) is 5.16. The summed E-state index contributed by atoms with van der Waals surface area (Å²) in [6.45, 7) is 0.689. The van der Waals surface area contributed by atoms with Crippen molar-refractivity contribution in [3.05, 3.63) is 42.7 Å². The van der Waals surface area contributed by atoms with Crippen LogP contribution >= 0.6 is 0 Å². The van der Waals surface area contributed by atoms with Gasteiger partial charge >= 0.3 is 0 Å². The zero-order valence-electron chi connectivity index (χ0n) is 11.1. The van der Waals surface area contributed by atoms with Crippen molar-refractivity contribution < 1.29 is 8.42 Å². The van der Waals surface area contributed by atoms with Gasteiger partial charge in [-0.1, -0.05) is 18.2 Å². The van der Waals surface area contributed by atoms with Crippen LogP contribution < -0.4 is 5.32 Å². The number of sulfone groups is 1. The molecule has 0 amide bonds. The molecule has 1 atom stereocenters. The van der Waals surface area contributed by atoms with Crippen LogP contribution in [0.1, 0.15) is 6.42 Å². The fourth-order valence-corrected chi connectivity index (χ4v) is 4.37. The highest BCUT2D eigenvalue weighted by Gasteiger charge is 2.28. The van der Waals surface area contributed by atoms with E-state index in [-0.39, 0.29) is 11.7 Å². The number of imidazole rings is 1. The first-order chi connectivity index (χ1) is 9.62. The molecule has 0 radical (unpaired) electrons. The van der Waals surface area contributed by atoms with Crippen LogP contribution in [-0.4, -0.2) is 29.5 Å². The lowest BCUT2D eigenvalue weighted by molar-refractivity contribution is 0.494. The molecule has 1 aliphatic heterocycles. The average molecular weight is 291 g/mol. The summed E-state index contributed by atoms with van der Waals surface area (Å²) in [5, 5.41) is 3.25. The maximum absolute atomic E-state index is 11.5. The van der Waals surface area contributed by atoms with Crippen molar-refractivity contribution in [1.82, 2.24) is 9.55 Å². The average Bonchev–Trinajstić information content (AvgIpc) is 2.98. The molecule has 0 spiro atoms. The Morgan fingerprint density at radius 2 is 2.10 bits per heavy atom. The van der Waals surface area contributed by atoms with Crippen molar-refractivity contribution in [2.45, 2.75) is 13.0 Å². The smallest absolute Gasteiger partial charge is 0.207 e. The van der Waals surface area contributed by atoms with E-state index in [9.17, 15) is 8.42 Å². The predicted octanol–water partition coefficient (Wildman–Crippen LogP) is 2.06. The number of hydrogen-bond acceptors (Lipinski definition) is 4. The summed E-state index contributed by atoms with van der Waals surface area (Å²) < 4.78 is 25.0. The van der Waals surface area contributed by atoms with Gasteiger partial charge in [-0.15, -0.1) is 0 Å². The molecule has 1 aromatic carbocycles. The summed E-state index contributed by atoms with van der Waals surface area (Å²) in [5.74, 6) is 1.54. The van der Waals surface area contributed by atoms with E-state index < -0.39 is 9.84 Å². The van der Waals surface area contributed by atoms with Gasteiger partial charge in [0.1, 0.15) is 0 Å². The van der Waals surface area contributed by atoms with Crippen molar-refractivity contribution in [2.75, 3.05) is 16.8 Å². The van der Waals surface area contributed by atoms with E-state index in [0.29, 0.717) is 12.3 Å². The standard InChI is InChI=1S/C14H17N3O2S/c18-20(19)9-6-12(11-20)10-17-8-7-15-14(17)16-13-4-2-1-3-5-13/h1-5,7-8,12H,6,9-11H2,(H,15,16). The third-order valence-electron chi connectivity index (χ3n) is 3.53. The normalized spacial score (nSPS) is 20.9. The highest BCUT2D eigenvalue weighted by molar-refractivity contribution is 7.91. The minimum absolute atomic E-state index is 0.186. The van der Waals surface area contributed by atoms with Crippen molar-refractivity contribution in [3.63, 3.8) is 0 Å². The van der Waals surface area contributed by atoms with Crippen molar-refractivity contribution in [1.29, 1.82) is 0 Å². The molecule has 0 saturated carbocycles. The molecule has 2 aromatic rings. The Morgan fingerprint density at radius 3 is 2.80 bits per heavy atom. The highest BCUT2D eigenvalue weighted by Crippen LogP contribution is 2.22. The Labute approximate surface area is 118 Å². The predicted molar refractivity (Wildman–Crippen MR) is 78.7 cm³/mol. The lowest BCUT2D eigenvalue weighted by Crippen LogP contribution is -2.13. The van der Waals surface area contributed by atoms with Gasteiger partial charge in [-0.05, 0) is 24.5 Å². The number of nitrogens with zero attached hydrogens (tertiary/aromatic N) is 2. The van der Waals surface area contributed by atoms with Gasteiger partial charge in [0.25, 0.3) is 0 Å². The van der Waals surface area contributed by atoms with E-state index >= 15 is 0 Å². The summed E-state index contributed by atoms with van der Waals surface area (Å²) in [6.07, 6.45) is 4.36. The maximum atomic E-state index is 11.5. The highest BCUT2D eigenvalue weighted by atomic mass is 32.2. The Bertz CT molecular complexity index is 679. The molecule has 0 bridgehead atoms. The van der Waals surface area contributed by atoms with Crippen LogP contribution in [0, 0.1) is 5.92 Å². The minimum Gasteiger partial charge on any atom is -0.326 e. The molecule has 3 rings (SSSR count). The molecule has 1 aromatic heterocycles. The molecular formula is C14H17N3O2S. The van der Waals surface area contributed by atoms with Gasteiger partial charge < -0.3 is 9.88 Å². The lowest BCUT2D eigenvalue weighted by atomic mass is 10.1. The van der Waals surface area contributed by atoms with E-state index in [1.54, 1.807) is 6.20 Å². The van der Waals surface area contributed by atoms with Crippen molar-refractivity contribution >= 4 is 21.5 Å². The summed E-state index contributed by atoms with van der Waals surface area (Å²) in [5.41, 5.74) is 0.971. The zero-order chi connectivity index (χ0) is 14.0. The molecule has 1 saturated heterocycles. The lowest BCUT2D eigenvalue weighted by Gasteiger charge is -2.13. The van der Waals surface area contributed by atoms with Gasteiger partial charge in [0.05, 0.1) is 11.5 Å². The number of nitrogens with one attached hydrogen (secondary N) is 1. The SMILES string of the molecule is O=S1(=O)CCC(Cn2ccnc2Nc2ccccc2)C1. The largest absolute Gasteiger partial charge is 0.326 e. The fraction of sp³-hybridized carbons (Fsp3) is 0.357. The maximum Gasteiger partial charge on any atom is 0.207 e. The minimum atomic E-state index is -2.82. The van der Waals surface area contributed by atoms with Crippen LogP contribution in [-0.2, 0) is 16.4 Å². The zero-order valence-corrected chi connectivity index (χ0v) is 11.9. The molecule has 6 heteroatoms. The summed E-state index contributed by atoms with van der Waals surface area (Å²) in [6, 6.07) is 9.82. The van der Waals surface area contributed by atoms with Gasteiger partial charge in [0.2, 0.25) is 5.95 Å². The summed E-state index contributed by atoms with van der Waals surface area (Å²) >= 11 is 0. The van der Waals surface area contributed by atoms with Crippen LogP contribution in [0.15, 0.2) is 42.7 Å². The molecule has 5 nitrogen and oxygen atoms in total. The Kier molecular flexibility index (Phi) is 3.48.